The average Bonchev–Trinajstić information content (AvgIpc) is 2.63. The fourth-order valence-corrected chi connectivity index (χ4v) is 2.57. The molecule has 0 fully saturated rings. The minimum Gasteiger partial charge on any atom is -0.508 e. The number of phenolic OH excluding ortho intramolecular Hbond substituents is 1. The average molecular weight is 407 g/mol. The van der Waals surface area contributed by atoms with Crippen LogP contribution in [0.1, 0.15) is 45.5 Å². The van der Waals surface area contributed by atoms with Crippen molar-refractivity contribution in [1.29, 1.82) is 0 Å². The summed E-state index contributed by atoms with van der Waals surface area (Å²) in [5.41, 5.74) is -0.251. The summed E-state index contributed by atoms with van der Waals surface area (Å²) < 4.78 is 39.4. The predicted molar refractivity (Wildman–Crippen MR) is 99.1 cm³/mol. The highest BCUT2D eigenvalue weighted by Crippen LogP contribution is 2.33. The number of phenols is 1. The van der Waals surface area contributed by atoms with Crippen LogP contribution in [0.25, 0.3) is 0 Å². The van der Waals surface area contributed by atoms with E-state index >= 15 is 0 Å². The standard InChI is InChI=1S/C21H14ClF3O3/c22-11-3-1-2-4-16-12-17(20(27)28)8-6-14(16)5-7-15-9-10-18(26)13-19(15)21(23,24)25/h6,8-10,12-13,26H,1-2,4H2,(H,27,28). The summed E-state index contributed by atoms with van der Waals surface area (Å²) in [7, 11) is 0. The zero-order chi connectivity index (χ0) is 20.7. The maximum Gasteiger partial charge on any atom is 0.417 e. The van der Waals surface area contributed by atoms with Crippen molar-refractivity contribution in [3.63, 3.8) is 0 Å². The van der Waals surface area contributed by atoms with Crippen LogP contribution < -0.4 is 0 Å². The normalized spacial score (nSPS) is 10.4. The van der Waals surface area contributed by atoms with E-state index in [4.69, 9.17) is 16.7 Å². The van der Waals surface area contributed by atoms with Gasteiger partial charge in [-0.15, -0.1) is 0 Å². The summed E-state index contributed by atoms with van der Waals surface area (Å²) in [6.07, 6.45) is -3.15. The highest BCUT2D eigenvalue weighted by molar-refractivity contribution is 6.30. The van der Waals surface area contributed by atoms with Crippen LogP contribution in [0.5, 0.6) is 5.75 Å². The first-order valence-electron chi connectivity index (χ1n) is 8.09. The van der Waals surface area contributed by atoms with Gasteiger partial charge in [-0.1, -0.05) is 17.8 Å². The SMILES string of the molecule is O=C(O)c1ccc(C#Cc2ccc(O)cc2C(F)(F)F)c(CCCC#CCl)c1. The van der Waals surface area contributed by atoms with Gasteiger partial charge in [-0.05, 0) is 66.4 Å². The van der Waals surface area contributed by atoms with Crippen molar-refractivity contribution in [3.8, 4) is 28.9 Å². The fraction of sp³-hybridized carbons (Fsp3) is 0.190. The van der Waals surface area contributed by atoms with Gasteiger partial charge in [0.25, 0.3) is 0 Å². The van der Waals surface area contributed by atoms with Gasteiger partial charge >= 0.3 is 12.1 Å². The molecule has 0 aliphatic rings. The molecule has 3 nitrogen and oxygen atoms in total. The molecule has 28 heavy (non-hydrogen) atoms. The lowest BCUT2D eigenvalue weighted by atomic mass is 9.98. The van der Waals surface area contributed by atoms with Crippen molar-refractivity contribution < 1.29 is 28.2 Å². The van der Waals surface area contributed by atoms with Gasteiger partial charge in [0.2, 0.25) is 0 Å². The number of rotatable bonds is 4. The summed E-state index contributed by atoms with van der Waals surface area (Å²) in [5, 5.41) is 20.7. The molecule has 0 saturated carbocycles. The van der Waals surface area contributed by atoms with Crippen LogP contribution >= 0.6 is 11.6 Å². The Morgan fingerprint density at radius 1 is 1.07 bits per heavy atom. The molecule has 0 spiro atoms. The minimum atomic E-state index is -4.67. The van der Waals surface area contributed by atoms with Gasteiger partial charge in [-0.2, -0.15) is 13.2 Å². The second-order valence-electron chi connectivity index (χ2n) is 5.78. The highest BCUT2D eigenvalue weighted by Gasteiger charge is 2.33. The van der Waals surface area contributed by atoms with E-state index in [1.54, 1.807) is 0 Å². The Bertz CT molecular complexity index is 1010. The number of hydrogen-bond donors (Lipinski definition) is 2. The van der Waals surface area contributed by atoms with Gasteiger partial charge in [-0.25, -0.2) is 4.79 Å². The van der Waals surface area contributed by atoms with E-state index in [1.807, 2.05) is 0 Å². The second kappa shape index (κ2) is 9.21. The molecule has 0 aliphatic carbocycles. The Morgan fingerprint density at radius 3 is 2.39 bits per heavy atom. The Balaban J connectivity index is 2.44. The Morgan fingerprint density at radius 2 is 1.75 bits per heavy atom. The summed E-state index contributed by atoms with van der Waals surface area (Å²) in [5.74, 6) is 6.21. The van der Waals surface area contributed by atoms with Gasteiger partial charge in [-0.3, -0.25) is 0 Å². The van der Waals surface area contributed by atoms with Crippen LogP contribution in [0.15, 0.2) is 36.4 Å². The van der Waals surface area contributed by atoms with Crippen molar-refractivity contribution in [2.24, 2.45) is 0 Å². The first-order chi connectivity index (χ1) is 13.2. The quantitative estimate of drug-likeness (QED) is 0.553. The number of aromatic hydroxyl groups is 1. The van der Waals surface area contributed by atoms with Crippen molar-refractivity contribution in [1.82, 2.24) is 0 Å². The molecule has 2 aromatic rings. The number of aryl methyl sites for hydroxylation is 1. The van der Waals surface area contributed by atoms with Gasteiger partial charge < -0.3 is 10.2 Å². The Kier molecular flexibility index (Phi) is 6.98. The molecule has 2 rings (SSSR count). The number of carboxylic acids is 1. The molecule has 0 radical (unpaired) electrons. The van der Waals surface area contributed by atoms with Gasteiger partial charge in [0.05, 0.1) is 11.1 Å². The zero-order valence-corrected chi connectivity index (χ0v) is 15.2. The second-order valence-corrected chi connectivity index (χ2v) is 5.97. The third kappa shape index (κ3) is 5.70. The van der Waals surface area contributed by atoms with Crippen LogP contribution in [0.3, 0.4) is 0 Å². The highest BCUT2D eigenvalue weighted by atomic mass is 35.5. The number of aromatic carboxylic acids is 1. The number of carbonyl (C=O) groups is 1. The Labute approximate surface area is 164 Å². The van der Waals surface area contributed by atoms with E-state index in [0.717, 1.165) is 12.1 Å². The molecular formula is C21H14ClF3O3. The first-order valence-corrected chi connectivity index (χ1v) is 8.47. The predicted octanol–water partition coefficient (Wildman–Crippen LogP) is 5.03. The van der Waals surface area contributed by atoms with Crippen LogP contribution in [0.2, 0.25) is 0 Å². The fourth-order valence-electron chi connectivity index (χ4n) is 2.48. The van der Waals surface area contributed by atoms with Crippen LogP contribution in [-0.4, -0.2) is 16.2 Å². The smallest absolute Gasteiger partial charge is 0.417 e. The number of alkyl halides is 3. The summed E-state index contributed by atoms with van der Waals surface area (Å²) >= 11 is 5.29. The van der Waals surface area contributed by atoms with E-state index < -0.39 is 23.5 Å². The van der Waals surface area contributed by atoms with Crippen LogP contribution in [-0.2, 0) is 12.6 Å². The van der Waals surface area contributed by atoms with E-state index in [9.17, 15) is 23.1 Å². The van der Waals surface area contributed by atoms with Crippen molar-refractivity contribution in [2.45, 2.75) is 25.4 Å². The molecule has 0 aromatic heterocycles. The zero-order valence-electron chi connectivity index (χ0n) is 14.4. The van der Waals surface area contributed by atoms with Crippen molar-refractivity contribution >= 4 is 17.6 Å². The van der Waals surface area contributed by atoms with Gasteiger partial charge in [0.15, 0.2) is 0 Å². The molecule has 0 aliphatic heterocycles. The van der Waals surface area contributed by atoms with Crippen molar-refractivity contribution in [2.75, 3.05) is 0 Å². The van der Waals surface area contributed by atoms with E-state index in [1.165, 1.54) is 18.2 Å². The lowest BCUT2D eigenvalue weighted by Gasteiger charge is -2.09. The maximum atomic E-state index is 13.1. The molecular weight excluding hydrogens is 393 g/mol. The third-order valence-electron chi connectivity index (χ3n) is 3.81. The summed E-state index contributed by atoms with van der Waals surface area (Å²) in [6.45, 7) is 0. The van der Waals surface area contributed by atoms with Crippen molar-refractivity contribution in [3.05, 3.63) is 64.2 Å². The molecule has 0 heterocycles. The number of halogens is 4. The molecule has 144 valence electrons. The number of carboxylic acid groups (broad SMARTS) is 1. The first kappa shape index (κ1) is 21.2. The molecule has 2 aromatic carbocycles. The number of unbranched alkanes of at least 4 members (excludes halogenated alkanes) is 1. The number of benzene rings is 2. The molecule has 0 unspecified atom stereocenters. The van der Waals surface area contributed by atoms with E-state index in [-0.39, 0.29) is 11.1 Å². The molecule has 0 amide bonds. The Hall–Kier alpha value is -3.09. The third-order valence-corrected chi connectivity index (χ3v) is 3.94. The van der Waals surface area contributed by atoms with Gasteiger partial charge in [0, 0.05) is 22.9 Å². The summed E-state index contributed by atoms with van der Waals surface area (Å²) in [4.78, 5) is 11.2. The van der Waals surface area contributed by atoms with E-state index in [2.05, 4.69) is 23.1 Å². The monoisotopic (exact) mass is 406 g/mol. The van der Waals surface area contributed by atoms with E-state index in [0.29, 0.717) is 36.5 Å². The molecule has 0 bridgehead atoms. The topological polar surface area (TPSA) is 57.5 Å². The van der Waals surface area contributed by atoms with Gasteiger partial charge in [0.1, 0.15) is 5.75 Å². The lowest BCUT2D eigenvalue weighted by Crippen LogP contribution is -2.07. The molecule has 0 atom stereocenters. The minimum absolute atomic E-state index is 0.0598. The molecule has 7 heteroatoms. The van der Waals surface area contributed by atoms with Crippen LogP contribution in [0, 0.1) is 23.1 Å². The maximum absolute atomic E-state index is 13.1. The molecule has 0 saturated heterocycles. The molecule has 2 N–H and O–H groups in total. The summed E-state index contributed by atoms with van der Waals surface area (Å²) in [6, 6.07) is 7.08. The van der Waals surface area contributed by atoms with Crippen LogP contribution in [0.4, 0.5) is 13.2 Å². The lowest BCUT2D eigenvalue weighted by molar-refractivity contribution is -0.137. The number of hydrogen-bond acceptors (Lipinski definition) is 2. The largest absolute Gasteiger partial charge is 0.508 e.